The fourth-order valence-corrected chi connectivity index (χ4v) is 3.19. The van der Waals surface area contributed by atoms with E-state index in [4.69, 9.17) is 16.2 Å². The Morgan fingerprint density at radius 3 is 2.50 bits per heavy atom. The van der Waals surface area contributed by atoms with E-state index in [9.17, 15) is 4.79 Å². The first kappa shape index (κ1) is 13.8. The SMILES string of the molecule is NC(=O)C1(N)CCCC1CCOCCC1CCC1. The Morgan fingerprint density at radius 1 is 1.17 bits per heavy atom. The second-order valence-corrected chi connectivity index (χ2v) is 5.98. The predicted molar refractivity (Wildman–Crippen MR) is 70.8 cm³/mol. The van der Waals surface area contributed by atoms with Gasteiger partial charge >= 0.3 is 0 Å². The number of hydrogen-bond acceptors (Lipinski definition) is 3. The maximum Gasteiger partial charge on any atom is 0.237 e. The molecule has 2 saturated carbocycles. The third-order valence-electron chi connectivity index (χ3n) is 4.84. The van der Waals surface area contributed by atoms with E-state index >= 15 is 0 Å². The largest absolute Gasteiger partial charge is 0.381 e. The lowest BCUT2D eigenvalue weighted by Gasteiger charge is -2.28. The van der Waals surface area contributed by atoms with Crippen LogP contribution >= 0.6 is 0 Å². The molecule has 104 valence electrons. The lowest BCUT2D eigenvalue weighted by atomic mass is 9.83. The Hall–Kier alpha value is -0.610. The smallest absolute Gasteiger partial charge is 0.237 e. The zero-order valence-corrected chi connectivity index (χ0v) is 11.2. The predicted octanol–water partition coefficient (Wildman–Crippen LogP) is 1.57. The molecule has 2 fully saturated rings. The van der Waals surface area contributed by atoms with Crippen LogP contribution in [0.5, 0.6) is 0 Å². The molecule has 2 aliphatic carbocycles. The summed E-state index contributed by atoms with van der Waals surface area (Å²) in [5.74, 6) is 0.758. The molecule has 0 spiro atoms. The molecule has 0 bridgehead atoms. The van der Waals surface area contributed by atoms with Gasteiger partial charge in [-0.15, -0.1) is 0 Å². The van der Waals surface area contributed by atoms with Gasteiger partial charge in [0.25, 0.3) is 0 Å². The molecule has 4 N–H and O–H groups in total. The lowest BCUT2D eigenvalue weighted by molar-refractivity contribution is -0.124. The molecule has 0 saturated heterocycles. The highest BCUT2D eigenvalue weighted by Crippen LogP contribution is 2.36. The van der Waals surface area contributed by atoms with Crippen molar-refractivity contribution >= 4 is 5.91 Å². The van der Waals surface area contributed by atoms with E-state index in [-0.39, 0.29) is 11.8 Å². The first-order valence-electron chi connectivity index (χ1n) is 7.29. The molecule has 0 aromatic heterocycles. The van der Waals surface area contributed by atoms with Crippen LogP contribution in [0, 0.1) is 11.8 Å². The molecular formula is C14H26N2O2. The van der Waals surface area contributed by atoms with Gasteiger partial charge in [-0.1, -0.05) is 25.7 Å². The number of nitrogens with two attached hydrogens (primary N) is 2. The fourth-order valence-electron chi connectivity index (χ4n) is 3.19. The summed E-state index contributed by atoms with van der Waals surface area (Å²) < 4.78 is 5.67. The van der Waals surface area contributed by atoms with Gasteiger partial charge in [-0.2, -0.15) is 0 Å². The quantitative estimate of drug-likeness (QED) is 0.677. The number of primary amides is 1. The van der Waals surface area contributed by atoms with Crippen molar-refractivity contribution in [3.05, 3.63) is 0 Å². The van der Waals surface area contributed by atoms with Crippen LogP contribution in [0.15, 0.2) is 0 Å². The minimum atomic E-state index is -0.780. The van der Waals surface area contributed by atoms with Crippen molar-refractivity contribution in [2.45, 2.75) is 56.9 Å². The third-order valence-corrected chi connectivity index (χ3v) is 4.84. The molecule has 2 rings (SSSR count). The summed E-state index contributed by atoms with van der Waals surface area (Å²) in [6, 6.07) is 0. The zero-order chi connectivity index (χ0) is 13.0. The van der Waals surface area contributed by atoms with Gasteiger partial charge in [0, 0.05) is 13.2 Å². The van der Waals surface area contributed by atoms with Crippen molar-refractivity contribution in [3.8, 4) is 0 Å². The topological polar surface area (TPSA) is 78.3 Å². The van der Waals surface area contributed by atoms with E-state index in [0.717, 1.165) is 38.2 Å². The summed E-state index contributed by atoms with van der Waals surface area (Å²) in [6.45, 7) is 1.56. The van der Waals surface area contributed by atoms with Crippen LogP contribution in [-0.2, 0) is 9.53 Å². The van der Waals surface area contributed by atoms with E-state index in [1.54, 1.807) is 0 Å². The Labute approximate surface area is 109 Å². The van der Waals surface area contributed by atoms with Gasteiger partial charge in [-0.3, -0.25) is 4.79 Å². The fraction of sp³-hybridized carbons (Fsp3) is 0.929. The minimum absolute atomic E-state index is 0.207. The first-order valence-corrected chi connectivity index (χ1v) is 7.29. The molecule has 4 heteroatoms. The summed E-state index contributed by atoms with van der Waals surface area (Å²) in [4.78, 5) is 11.4. The van der Waals surface area contributed by atoms with Crippen LogP contribution in [0.2, 0.25) is 0 Å². The van der Waals surface area contributed by atoms with Gasteiger partial charge in [-0.25, -0.2) is 0 Å². The average Bonchev–Trinajstić information content (AvgIpc) is 2.64. The number of amides is 1. The minimum Gasteiger partial charge on any atom is -0.381 e. The van der Waals surface area contributed by atoms with Crippen LogP contribution < -0.4 is 11.5 Å². The van der Waals surface area contributed by atoms with Crippen molar-refractivity contribution in [1.82, 2.24) is 0 Å². The second-order valence-electron chi connectivity index (χ2n) is 5.98. The van der Waals surface area contributed by atoms with Crippen LogP contribution in [-0.4, -0.2) is 24.7 Å². The third kappa shape index (κ3) is 3.04. The van der Waals surface area contributed by atoms with Gasteiger partial charge in [0.1, 0.15) is 0 Å². The number of hydrogen-bond donors (Lipinski definition) is 2. The summed E-state index contributed by atoms with van der Waals surface area (Å²) in [5, 5.41) is 0. The first-order chi connectivity index (χ1) is 8.63. The van der Waals surface area contributed by atoms with E-state index < -0.39 is 5.54 Å². The van der Waals surface area contributed by atoms with Gasteiger partial charge < -0.3 is 16.2 Å². The monoisotopic (exact) mass is 254 g/mol. The standard InChI is InChI=1S/C14H26N2O2/c15-13(17)14(16)8-2-5-12(14)7-10-18-9-6-11-3-1-4-11/h11-12H,1-10,16H2,(H2,15,17). The molecule has 0 radical (unpaired) electrons. The molecule has 2 unspecified atom stereocenters. The van der Waals surface area contributed by atoms with Crippen molar-refractivity contribution in [2.75, 3.05) is 13.2 Å². The molecule has 0 aromatic rings. The summed E-state index contributed by atoms with van der Waals surface area (Å²) in [5.41, 5.74) is 10.7. The van der Waals surface area contributed by atoms with Crippen LogP contribution in [0.3, 0.4) is 0 Å². The molecule has 0 aromatic carbocycles. The van der Waals surface area contributed by atoms with Crippen molar-refractivity contribution in [2.24, 2.45) is 23.3 Å². The molecule has 0 aliphatic heterocycles. The maximum absolute atomic E-state index is 11.4. The maximum atomic E-state index is 11.4. The van der Waals surface area contributed by atoms with Crippen molar-refractivity contribution in [3.63, 3.8) is 0 Å². The van der Waals surface area contributed by atoms with E-state index in [1.807, 2.05) is 0 Å². The Bertz CT molecular complexity index is 292. The van der Waals surface area contributed by atoms with Crippen LogP contribution in [0.1, 0.15) is 51.4 Å². The van der Waals surface area contributed by atoms with E-state index in [2.05, 4.69) is 0 Å². The number of carbonyl (C=O) groups is 1. The van der Waals surface area contributed by atoms with Crippen molar-refractivity contribution < 1.29 is 9.53 Å². The molecular weight excluding hydrogens is 228 g/mol. The summed E-state index contributed by atoms with van der Waals surface area (Å²) in [6.07, 6.45) is 8.94. The molecule has 0 heterocycles. The zero-order valence-electron chi connectivity index (χ0n) is 11.2. The Balaban J connectivity index is 1.61. The molecule has 2 aliphatic rings. The molecule has 4 nitrogen and oxygen atoms in total. The van der Waals surface area contributed by atoms with Gasteiger partial charge in [-0.05, 0) is 37.5 Å². The molecule has 1 amide bonds. The van der Waals surface area contributed by atoms with Crippen LogP contribution in [0.25, 0.3) is 0 Å². The number of carbonyl (C=O) groups excluding carboxylic acids is 1. The van der Waals surface area contributed by atoms with Gasteiger partial charge in [0.05, 0.1) is 5.54 Å². The normalized spacial score (nSPS) is 32.4. The lowest BCUT2D eigenvalue weighted by Crippen LogP contribution is -2.54. The number of rotatable bonds is 7. The molecule has 18 heavy (non-hydrogen) atoms. The van der Waals surface area contributed by atoms with E-state index in [0.29, 0.717) is 6.61 Å². The Kier molecular flexibility index (Phi) is 4.62. The van der Waals surface area contributed by atoms with Gasteiger partial charge in [0.2, 0.25) is 5.91 Å². The highest BCUT2D eigenvalue weighted by atomic mass is 16.5. The highest BCUT2D eigenvalue weighted by Gasteiger charge is 2.43. The second kappa shape index (κ2) is 6.02. The number of ether oxygens (including phenoxy) is 1. The van der Waals surface area contributed by atoms with Crippen LogP contribution in [0.4, 0.5) is 0 Å². The Morgan fingerprint density at radius 2 is 1.89 bits per heavy atom. The van der Waals surface area contributed by atoms with Crippen molar-refractivity contribution in [1.29, 1.82) is 0 Å². The van der Waals surface area contributed by atoms with Gasteiger partial charge in [0.15, 0.2) is 0 Å². The highest BCUT2D eigenvalue weighted by molar-refractivity contribution is 5.85. The molecule has 2 atom stereocenters. The summed E-state index contributed by atoms with van der Waals surface area (Å²) in [7, 11) is 0. The average molecular weight is 254 g/mol. The van der Waals surface area contributed by atoms with E-state index in [1.165, 1.54) is 25.7 Å². The summed E-state index contributed by atoms with van der Waals surface area (Å²) >= 11 is 0.